The van der Waals surface area contributed by atoms with E-state index in [9.17, 15) is 0 Å². The molecule has 0 spiro atoms. The van der Waals surface area contributed by atoms with Crippen LogP contribution in [-0.2, 0) is 0 Å². The Morgan fingerprint density at radius 2 is 1.04 bits per heavy atom. The topological polar surface area (TPSA) is 3.24 Å². The highest BCUT2D eigenvalue weighted by Gasteiger charge is 2.12. The van der Waals surface area contributed by atoms with Crippen molar-refractivity contribution < 1.29 is 0 Å². The summed E-state index contributed by atoms with van der Waals surface area (Å²) in [6.07, 6.45) is 24.2. The largest absolute Gasteiger partial charge is 0.303 e. The third-order valence-electron chi connectivity index (χ3n) is 6.39. The molecule has 0 N–H and O–H groups in total. The lowest BCUT2D eigenvalue weighted by molar-refractivity contribution is 0.210. The number of unbranched alkanes of at least 4 members (excludes halogenated alkanes) is 11. The van der Waals surface area contributed by atoms with Crippen molar-refractivity contribution in [3.05, 3.63) is 0 Å². The zero-order valence-corrected chi connectivity index (χ0v) is 20.7. The third-order valence-corrected chi connectivity index (χ3v) is 6.39. The van der Waals surface area contributed by atoms with Gasteiger partial charge in [0.2, 0.25) is 0 Å². The zero-order chi connectivity index (χ0) is 20.9. The molecule has 28 heavy (non-hydrogen) atoms. The molecule has 0 aromatic carbocycles. The monoisotopic (exact) mass is 395 g/mol. The van der Waals surface area contributed by atoms with Gasteiger partial charge in [-0.05, 0) is 44.2 Å². The molecule has 0 heterocycles. The summed E-state index contributed by atoms with van der Waals surface area (Å²) in [5, 5.41) is 0. The molecule has 0 rings (SSSR count). The first-order chi connectivity index (χ1) is 13.6. The molecule has 0 aliphatic heterocycles. The van der Waals surface area contributed by atoms with Crippen LogP contribution in [0, 0.1) is 11.8 Å². The van der Waals surface area contributed by atoms with E-state index in [0.29, 0.717) is 0 Å². The molecule has 0 amide bonds. The Bertz CT molecular complexity index is 286. The summed E-state index contributed by atoms with van der Waals surface area (Å²) in [6.45, 7) is 15.8. The fraction of sp³-hybridized carbons (Fsp3) is 1.00. The number of rotatable bonds is 22. The molecule has 0 aromatic rings. The maximum Gasteiger partial charge on any atom is 0.000955 e. The van der Waals surface area contributed by atoms with E-state index in [1.165, 1.54) is 129 Å². The van der Waals surface area contributed by atoms with E-state index in [2.05, 4.69) is 39.5 Å². The standard InChI is InChI=1S/C27H57N/c1-6-9-11-12-13-14-15-16-19-23-28(24-20-17-18-21-26(4)5)25-27(8-3)22-10-7-2/h26-27H,6-25H2,1-5H3. The van der Waals surface area contributed by atoms with Crippen LogP contribution in [0.4, 0.5) is 0 Å². The molecule has 1 atom stereocenters. The van der Waals surface area contributed by atoms with Crippen LogP contribution in [0.1, 0.15) is 144 Å². The molecule has 1 nitrogen and oxygen atoms in total. The maximum absolute atomic E-state index is 2.83. The molecule has 0 aliphatic carbocycles. The second-order valence-corrected chi connectivity index (χ2v) is 9.79. The quantitative estimate of drug-likeness (QED) is 0.165. The molecular weight excluding hydrogens is 338 g/mol. The zero-order valence-electron chi connectivity index (χ0n) is 20.7. The summed E-state index contributed by atoms with van der Waals surface area (Å²) >= 11 is 0. The third kappa shape index (κ3) is 19.3. The normalized spacial score (nSPS) is 13.0. The van der Waals surface area contributed by atoms with Crippen LogP contribution in [0.5, 0.6) is 0 Å². The van der Waals surface area contributed by atoms with Gasteiger partial charge in [0, 0.05) is 6.54 Å². The van der Waals surface area contributed by atoms with E-state index in [-0.39, 0.29) is 0 Å². The van der Waals surface area contributed by atoms with Gasteiger partial charge in [-0.1, -0.05) is 125 Å². The number of hydrogen-bond donors (Lipinski definition) is 0. The highest BCUT2D eigenvalue weighted by atomic mass is 15.1. The fourth-order valence-electron chi connectivity index (χ4n) is 4.29. The van der Waals surface area contributed by atoms with Crippen molar-refractivity contribution in [3.63, 3.8) is 0 Å². The van der Waals surface area contributed by atoms with Crippen molar-refractivity contribution in [1.29, 1.82) is 0 Å². The van der Waals surface area contributed by atoms with Crippen LogP contribution in [0.15, 0.2) is 0 Å². The smallest absolute Gasteiger partial charge is 0.000955 e. The SMILES string of the molecule is CCCCCCCCCCCN(CCCCCC(C)C)CC(CC)CCCC. The Morgan fingerprint density at radius 1 is 0.536 bits per heavy atom. The molecule has 0 saturated heterocycles. The Balaban J connectivity index is 4.03. The van der Waals surface area contributed by atoms with Gasteiger partial charge in [-0.2, -0.15) is 0 Å². The predicted octanol–water partition coefficient (Wildman–Crippen LogP) is 9.25. The lowest BCUT2D eigenvalue weighted by Gasteiger charge is -2.27. The van der Waals surface area contributed by atoms with Gasteiger partial charge < -0.3 is 4.90 Å². The molecule has 0 bridgehead atoms. The summed E-state index contributed by atoms with van der Waals surface area (Å²) in [6, 6.07) is 0. The molecule has 0 aromatic heterocycles. The van der Waals surface area contributed by atoms with Crippen molar-refractivity contribution in [3.8, 4) is 0 Å². The predicted molar refractivity (Wildman–Crippen MR) is 130 cm³/mol. The number of hydrogen-bond acceptors (Lipinski definition) is 1. The van der Waals surface area contributed by atoms with Crippen LogP contribution < -0.4 is 0 Å². The molecule has 0 radical (unpaired) electrons. The highest BCUT2D eigenvalue weighted by Crippen LogP contribution is 2.17. The molecule has 1 unspecified atom stereocenters. The molecular formula is C27H57N. The summed E-state index contributed by atoms with van der Waals surface area (Å²) in [5.74, 6) is 1.80. The van der Waals surface area contributed by atoms with Crippen molar-refractivity contribution in [1.82, 2.24) is 4.90 Å². The minimum Gasteiger partial charge on any atom is -0.303 e. The molecule has 170 valence electrons. The lowest BCUT2D eigenvalue weighted by atomic mass is 9.98. The van der Waals surface area contributed by atoms with Crippen LogP contribution in [0.25, 0.3) is 0 Å². The van der Waals surface area contributed by atoms with E-state index in [1.54, 1.807) is 0 Å². The van der Waals surface area contributed by atoms with Gasteiger partial charge in [0.25, 0.3) is 0 Å². The minimum atomic E-state index is 0.872. The van der Waals surface area contributed by atoms with Crippen molar-refractivity contribution in [2.24, 2.45) is 11.8 Å². The minimum absolute atomic E-state index is 0.872. The van der Waals surface area contributed by atoms with E-state index in [1.807, 2.05) is 0 Å². The lowest BCUT2D eigenvalue weighted by Crippen LogP contribution is -2.31. The molecule has 0 fully saturated rings. The Hall–Kier alpha value is -0.0400. The first-order valence-corrected chi connectivity index (χ1v) is 13.4. The number of nitrogens with zero attached hydrogens (tertiary/aromatic N) is 1. The molecule has 1 heteroatoms. The van der Waals surface area contributed by atoms with Gasteiger partial charge in [0.1, 0.15) is 0 Å². The first-order valence-electron chi connectivity index (χ1n) is 13.4. The molecule has 0 aliphatic rings. The van der Waals surface area contributed by atoms with Gasteiger partial charge in [0.15, 0.2) is 0 Å². The van der Waals surface area contributed by atoms with E-state index in [4.69, 9.17) is 0 Å². The van der Waals surface area contributed by atoms with E-state index < -0.39 is 0 Å². The Morgan fingerprint density at radius 3 is 1.54 bits per heavy atom. The average Bonchev–Trinajstić information content (AvgIpc) is 2.68. The van der Waals surface area contributed by atoms with Crippen molar-refractivity contribution >= 4 is 0 Å². The summed E-state index contributed by atoms with van der Waals surface area (Å²) in [4.78, 5) is 2.83. The van der Waals surface area contributed by atoms with E-state index >= 15 is 0 Å². The Kier molecular flexibility index (Phi) is 21.6. The van der Waals surface area contributed by atoms with Crippen LogP contribution in [0.3, 0.4) is 0 Å². The van der Waals surface area contributed by atoms with E-state index in [0.717, 1.165) is 11.8 Å². The average molecular weight is 396 g/mol. The second kappa shape index (κ2) is 21.7. The highest BCUT2D eigenvalue weighted by molar-refractivity contribution is 4.67. The first kappa shape index (κ1) is 28.0. The Labute approximate surface area is 180 Å². The summed E-state index contributed by atoms with van der Waals surface area (Å²) in [5.41, 5.74) is 0. The van der Waals surface area contributed by atoms with Crippen molar-refractivity contribution in [2.75, 3.05) is 19.6 Å². The fourth-order valence-corrected chi connectivity index (χ4v) is 4.29. The van der Waals surface area contributed by atoms with Gasteiger partial charge >= 0.3 is 0 Å². The van der Waals surface area contributed by atoms with Gasteiger partial charge in [-0.15, -0.1) is 0 Å². The summed E-state index contributed by atoms with van der Waals surface area (Å²) < 4.78 is 0. The second-order valence-electron chi connectivity index (χ2n) is 9.79. The van der Waals surface area contributed by atoms with Gasteiger partial charge in [-0.3, -0.25) is 0 Å². The summed E-state index contributed by atoms with van der Waals surface area (Å²) in [7, 11) is 0. The van der Waals surface area contributed by atoms with Gasteiger partial charge in [-0.25, -0.2) is 0 Å². The van der Waals surface area contributed by atoms with Crippen LogP contribution in [0.2, 0.25) is 0 Å². The van der Waals surface area contributed by atoms with Gasteiger partial charge in [0.05, 0.1) is 0 Å². The maximum atomic E-state index is 2.83. The van der Waals surface area contributed by atoms with Crippen molar-refractivity contribution in [2.45, 2.75) is 144 Å². The molecule has 0 saturated carbocycles. The van der Waals surface area contributed by atoms with Crippen LogP contribution >= 0.6 is 0 Å². The van der Waals surface area contributed by atoms with Crippen LogP contribution in [-0.4, -0.2) is 24.5 Å².